The van der Waals surface area contributed by atoms with E-state index in [0.29, 0.717) is 28.8 Å². The van der Waals surface area contributed by atoms with Gasteiger partial charge in [0.2, 0.25) is 0 Å². The number of fused-ring (bicyclic) bond motifs is 1. The molecule has 6 heteroatoms. The summed E-state index contributed by atoms with van der Waals surface area (Å²) in [7, 11) is 0. The van der Waals surface area contributed by atoms with Crippen molar-refractivity contribution in [1.82, 2.24) is 0 Å². The molecule has 0 spiro atoms. The zero-order valence-electron chi connectivity index (χ0n) is 21.0. The van der Waals surface area contributed by atoms with Crippen LogP contribution in [0.4, 0.5) is 0 Å². The van der Waals surface area contributed by atoms with Gasteiger partial charge in [-0.05, 0) is 37.3 Å². The van der Waals surface area contributed by atoms with E-state index in [-0.39, 0.29) is 30.1 Å². The van der Waals surface area contributed by atoms with Crippen LogP contribution in [0.5, 0.6) is 0 Å². The minimum atomic E-state index is -1.72. The van der Waals surface area contributed by atoms with Crippen molar-refractivity contribution in [1.29, 1.82) is 0 Å². The molecule has 3 aromatic rings. The molecule has 1 heterocycles. The molecule has 1 aliphatic heterocycles. The number of nitrogens with one attached hydrogen (secondary N) is 1. The number of rotatable bonds is 7. The predicted molar refractivity (Wildman–Crippen MR) is 137 cm³/mol. The highest BCUT2D eigenvalue weighted by molar-refractivity contribution is 6.35. The van der Waals surface area contributed by atoms with Crippen LogP contribution < -0.4 is 17.3 Å². The van der Waals surface area contributed by atoms with Crippen LogP contribution in [0.1, 0.15) is 63.9 Å². The van der Waals surface area contributed by atoms with Gasteiger partial charge in [-0.3, -0.25) is 14.4 Å². The topological polar surface area (TPSA) is 64.9 Å². The van der Waals surface area contributed by atoms with Crippen molar-refractivity contribution in [2.45, 2.75) is 43.6 Å². The Morgan fingerprint density at radius 1 is 0.811 bits per heavy atom. The number of ether oxygens (including phenoxy) is 1. The smallest absolute Gasteiger partial charge is 0.315 e. The Bertz CT molecular complexity index is 1220. The summed E-state index contributed by atoms with van der Waals surface area (Å²) in [6.07, 6.45) is 3.28. The molecule has 192 valence electrons. The summed E-state index contributed by atoms with van der Waals surface area (Å²) in [6.45, 7) is 4.77. The molecule has 1 N–H and O–H groups in total. The number of ketones is 2. The number of quaternary nitrogens is 1. The van der Waals surface area contributed by atoms with Crippen molar-refractivity contribution in [2.75, 3.05) is 19.6 Å². The summed E-state index contributed by atoms with van der Waals surface area (Å²) in [5.41, 5.74) is 0.0904. The molecule has 3 aromatic carbocycles. The first-order chi connectivity index (χ1) is 17.5. The Balaban J connectivity index is 0.00000320. The van der Waals surface area contributed by atoms with Crippen LogP contribution in [0.25, 0.3) is 0 Å². The first-order valence-electron chi connectivity index (χ1n) is 12.9. The zero-order chi connectivity index (χ0) is 25.1. The minimum Gasteiger partial charge on any atom is -1.00 e. The molecule has 2 atom stereocenters. The highest BCUT2D eigenvalue weighted by Crippen LogP contribution is 2.49. The fraction of sp³-hybridized carbons (Fsp3) is 0.323. The minimum absolute atomic E-state index is 0. The number of carbonyl (C=O) groups is 3. The van der Waals surface area contributed by atoms with Gasteiger partial charge in [-0.1, -0.05) is 84.9 Å². The number of hydrogen-bond donors (Lipinski definition) is 1. The third-order valence-electron chi connectivity index (χ3n) is 7.62. The maximum atomic E-state index is 14.2. The normalized spacial score (nSPS) is 18.4. The molecule has 0 bridgehead atoms. The molecule has 5 nitrogen and oxygen atoms in total. The standard InChI is InChI=1S/C31H31NO4.ClH/c1-22(21-32-19-11-4-12-20-32)36-30(35)27(23-13-5-2-6-14-23)31(24-15-7-3-8-16-24)28(33)25-17-9-10-18-26(25)29(31)34;/h2-3,5-10,13-18,22,27H,4,11-12,19-21H2,1H3;1H. The Hall–Kier alpha value is -3.28. The Labute approximate surface area is 224 Å². The van der Waals surface area contributed by atoms with E-state index in [9.17, 15) is 14.4 Å². The van der Waals surface area contributed by atoms with Crippen molar-refractivity contribution < 1.29 is 36.4 Å². The van der Waals surface area contributed by atoms with Crippen molar-refractivity contribution in [3.8, 4) is 0 Å². The van der Waals surface area contributed by atoms with Crippen LogP contribution in [-0.4, -0.2) is 43.3 Å². The van der Waals surface area contributed by atoms with Crippen molar-refractivity contribution in [2.24, 2.45) is 0 Å². The highest BCUT2D eigenvalue weighted by Gasteiger charge is 2.62. The fourth-order valence-electron chi connectivity index (χ4n) is 5.98. The predicted octanol–water partition coefficient (Wildman–Crippen LogP) is 0.792. The number of piperidine rings is 1. The first kappa shape index (κ1) is 26.8. The van der Waals surface area contributed by atoms with Gasteiger partial charge in [0.05, 0.1) is 13.1 Å². The second-order valence-electron chi connectivity index (χ2n) is 9.98. The Morgan fingerprint density at radius 2 is 1.32 bits per heavy atom. The lowest BCUT2D eigenvalue weighted by atomic mass is 9.64. The SMILES string of the molecule is CC(C[NH+]1CCCCC1)OC(=O)C(c1ccccc1)C1(c2ccccc2)C(=O)c2ccccc2C1=O.[Cl-]. The number of halogens is 1. The van der Waals surface area contributed by atoms with Gasteiger partial charge >= 0.3 is 5.97 Å². The quantitative estimate of drug-likeness (QED) is 0.372. The van der Waals surface area contributed by atoms with Crippen molar-refractivity contribution in [3.63, 3.8) is 0 Å². The number of likely N-dealkylation sites (tertiary alicyclic amines) is 1. The summed E-state index contributed by atoms with van der Waals surface area (Å²) >= 11 is 0. The molecule has 0 saturated carbocycles. The molecule has 0 amide bonds. The largest absolute Gasteiger partial charge is 1.00 e. The maximum Gasteiger partial charge on any atom is 0.315 e. The molecule has 37 heavy (non-hydrogen) atoms. The van der Waals surface area contributed by atoms with Crippen LogP contribution in [0.3, 0.4) is 0 Å². The second-order valence-corrected chi connectivity index (χ2v) is 9.98. The van der Waals surface area contributed by atoms with Crippen LogP contribution in [0.2, 0.25) is 0 Å². The summed E-state index contributed by atoms with van der Waals surface area (Å²) < 4.78 is 6.06. The average molecular weight is 518 g/mol. The Morgan fingerprint density at radius 3 is 1.89 bits per heavy atom. The van der Waals surface area contributed by atoms with E-state index in [4.69, 9.17) is 4.74 Å². The van der Waals surface area contributed by atoms with Crippen LogP contribution >= 0.6 is 0 Å². The van der Waals surface area contributed by atoms with Gasteiger partial charge in [0.15, 0.2) is 11.6 Å². The van der Waals surface area contributed by atoms with Gasteiger partial charge in [0.1, 0.15) is 24.0 Å². The van der Waals surface area contributed by atoms with Gasteiger partial charge in [-0.25, -0.2) is 0 Å². The molecular formula is C31H32ClNO4. The molecule has 5 rings (SSSR count). The van der Waals surface area contributed by atoms with Gasteiger partial charge in [-0.2, -0.15) is 0 Å². The molecule has 0 radical (unpaired) electrons. The maximum absolute atomic E-state index is 14.2. The fourth-order valence-corrected chi connectivity index (χ4v) is 5.98. The van der Waals surface area contributed by atoms with Gasteiger partial charge in [0, 0.05) is 11.1 Å². The van der Waals surface area contributed by atoms with E-state index in [1.54, 1.807) is 60.7 Å². The van der Waals surface area contributed by atoms with E-state index in [1.165, 1.54) is 24.2 Å². The van der Waals surface area contributed by atoms with E-state index in [0.717, 1.165) is 13.1 Å². The van der Waals surface area contributed by atoms with Gasteiger partial charge in [-0.15, -0.1) is 0 Å². The zero-order valence-corrected chi connectivity index (χ0v) is 21.7. The summed E-state index contributed by atoms with van der Waals surface area (Å²) in [5, 5.41) is 0. The molecule has 0 aromatic heterocycles. The number of Topliss-reactive ketones (excluding diaryl/α,β-unsaturated/α-hetero) is 2. The second kappa shape index (κ2) is 11.4. The number of hydrogen-bond acceptors (Lipinski definition) is 4. The van der Waals surface area contributed by atoms with Crippen LogP contribution in [0.15, 0.2) is 84.9 Å². The van der Waals surface area contributed by atoms with Gasteiger partial charge < -0.3 is 22.0 Å². The molecule has 2 aliphatic rings. The summed E-state index contributed by atoms with van der Waals surface area (Å²) in [4.78, 5) is 43.9. The third-order valence-corrected chi connectivity index (χ3v) is 7.62. The molecule has 1 fully saturated rings. The number of esters is 1. The number of benzene rings is 3. The lowest BCUT2D eigenvalue weighted by molar-refractivity contribution is -0.907. The lowest BCUT2D eigenvalue weighted by Gasteiger charge is -2.35. The van der Waals surface area contributed by atoms with E-state index >= 15 is 0 Å². The highest BCUT2D eigenvalue weighted by atomic mass is 35.5. The van der Waals surface area contributed by atoms with E-state index in [1.807, 2.05) is 31.2 Å². The monoisotopic (exact) mass is 517 g/mol. The molecule has 2 unspecified atom stereocenters. The van der Waals surface area contributed by atoms with E-state index in [2.05, 4.69) is 0 Å². The Kier molecular flexibility index (Phi) is 8.25. The van der Waals surface area contributed by atoms with Crippen LogP contribution in [0, 0.1) is 0 Å². The average Bonchev–Trinajstić information content (AvgIpc) is 3.13. The van der Waals surface area contributed by atoms with Gasteiger partial charge in [0.25, 0.3) is 0 Å². The molecule has 1 saturated heterocycles. The van der Waals surface area contributed by atoms with Crippen molar-refractivity contribution >= 4 is 17.5 Å². The van der Waals surface area contributed by atoms with Crippen LogP contribution in [-0.2, 0) is 14.9 Å². The first-order valence-corrected chi connectivity index (χ1v) is 12.9. The number of carbonyl (C=O) groups excluding carboxylic acids is 3. The third kappa shape index (κ3) is 4.86. The van der Waals surface area contributed by atoms with E-state index < -0.39 is 17.3 Å². The molecular weight excluding hydrogens is 486 g/mol. The molecule has 1 aliphatic carbocycles. The van der Waals surface area contributed by atoms with Crippen molar-refractivity contribution in [3.05, 3.63) is 107 Å². The lowest BCUT2D eigenvalue weighted by Crippen LogP contribution is -3.13. The summed E-state index contributed by atoms with van der Waals surface area (Å²) in [5.74, 6) is -2.35. The summed E-state index contributed by atoms with van der Waals surface area (Å²) in [6, 6.07) is 25.0.